The molecule has 1 aliphatic heterocycles. The van der Waals surface area contributed by atoms with E-state index in [0.29, 0.717) is 12.0 Å². The van der Waals surface area contributed by atoms with Crippen LogP contribution in [0.1, 0.15) is 39.9 Å². The molecule has 1 fully saturated rings. The van der Waals surface area contributed by atoms with E-state index < -0.39 is 0 Å². The summed E-state index contributed by atoms with van der Waals surface area (Å²) in [5, 5.41) is 0. The molecule has 0 aromatic heterocycles. The van der Waals surface area contributed by atoms with E-state index in [1.165, 1.54) is 11.1 Å². The third-order valence-electron chi connectivity index (χ3n) is 5.68. The Morgan fingerprint density at radius 2 is 1.57 bits per heavy atom. The van der Waals surface area contributed by atoms with Gasteiger partial charge in [0.1, 0.15) is 0 Å². The molecular weight excluding hydrogens is 348 g/mol. The van der Waals surface area contributed by atoms with Gasteiger partial charge in [-0.15, -0.1) is 0 Å². The van der Waals surface area contributed by atoms with Crippen LogP contribution in [0.5, 0.6) is 0 Å². The Kier molecular flexibility index (Phi) is 6.99. The Labute approximate surface area is 168 Å². The van der Waals surface area contributed by atoms with Crippen LogP contribution in [0, 0.1) is 13.8 Å². The molecule has 4 nitrogen and oxygen atoms in total. The highest BCUT2D eigenvalue weighted by molar-refractivity contribution is 5.98. The molecule has 4 heteroatoms. The molecule has 0 N–H and O–H groups in total. The summed E-state index contributed by atoms with van der Waals surface area (Å²) in [6.07, 6.45) is 1.63. The summed E-state index contributed by atoms with van der Waals surface area (Å²) in [5.41, 5.74) is 4.36. The highest BCUT2D eigenvalue weighted by Crippen LogP contribution is 2.14. The number of piperazine rings is 1. The van der Waals surface area contributed by atoms with Crippen molar-refractivity contribution in [3.63, 3.8) is 0 Å². The minimum absolute atomic E-state index is 0.0537. The molecule has 0 bridgehead atoms. The van der Waals surface area contributed by atoms with Gasteiger partial charge in [0, 0.05) is 51.1 Å². The molecular formula is C24H30N2O2. The average molecular weight is 379 g/mol. The molecule has 1 heterocycles. The van der Waals surface area contributed by atoms with Gasteiger partial charge in [0.25, 0.3) is 0 Å². The van der Waals surface area contributed by atoms with Gasteiger partial charge in [0.2, 0.25) is 5.91 Å². The van der Waals surface area contributed by atoms with Crippen LogP contribution < -0.4 is 0 Å². The summed E-state index contributed by atoms with van der Waals surface area (Å²) in [7, 11) is 0. The maximum Gasteiger partial charge on any atom is 0.223 e. The Balaban J connectivity index is 1.40. The SMILES string of the molecule is Cc1ccc(C(=O)CCC(=O)N2CCN(CCc3ccccc3)CC2)cc1C. The molecule has 0 radical (unpaired) electrons. The van der Waals surface area contributed by atoms with Gasteiger partial charge in [-0.3, -0.25) is 14.5 Å². The minimum Gasteiger partial charge on any atom is -0.340 e. The molecule has 0 saturated carbocycles. The van der Waals surface area contributed by atoms with Crippen LogP contribution in [-0.2, 0) is 11.2 Å². The molecule has 1 amide bonds. The first kappa shape index (κ1) is 20.3. The second-order valence-corrected chi connectivity index (χ2v) is 7.68. The number of nitrogens with zero attached hydrogens (tertiary/aromatic N) is 2. The highest BCUT2D eigenvalue weighted by atomic mass is 16.2. The van der Waals surface area contributed by atoms with Crippen molar-refractivity contribution in [2.45, 2.75) is 33.1 Å². The van der Waals surface area contributed by atoms with Crippen molar-refractivity contribution >= 4 is 11.7 Å². The van der Waals surface area contributed by atoms with E-state index in [2.05, 4.69) is 29.2 Å². The number of rotatable bonds is 7. The first-order chi connectivity index (χ1) is 13.5. The third kappa shape index (κ3) is 5.52. The maximum atomic E-state index is 12.5. The van der Waals surface area contributed by atoms with Crippen LogP contribution in [-0.4, -0.2) is 54.2 Å². The predicted molar refractivity (Wildman–Crippen MR) is 113 cm³/mol. The molecule has 1 aliphatic rings. The van der Waals surface area contributed by atoms with Crippen molar-refractivity contribution in [2.75, 3.05) is 32.7 Å². The molecule has 148 valence electrons. The molecule has 0 unspecified atom stereocenters. The van der Waals surface area contributed by atoms with Crippen molar-refractivity contribution in [2.24, 2.45) is 0 Å². The van der Waals surface area contributed by atoms with Crippen molar-refractivity contribution in [3.05, 3.63) is 70.8 Å². The zero-order chi connectivity index (χ0) is 19.9. The van der Waals surface area contributed by atoms with E-state index in [1.807, 2.05) is 43.0 Å². The summed E-state index contributed by atoms with van der Waals surface area (Å²) < 4.78 is 0. The lowest BCUT2D eigenvalue weighted by Gasteiger charge is -2.34. The Morgan fingerprint density at radius 1 is 0.857 bits per heavy atom. The van der Waals surface area contributed by atoms with Crippen molar-refractivity contribution in [1.29, 1.82) is 0 Å². The van der Waals surface area contributed by atoms with Crippen LogP contribution in [0.15, 0.2) is 48.5 Å². The van der Waals surface area contributed by atoms with Gasteiger partial charge in [-0.2, -0.15) is 0 Å². The lowest BCUT2D eigenvalue weighted by atomic mass is 10.0. The summed E-state index contributed by atoms with van der Waals surface area (Å²) in [6.45, 7) is 8.39. The number of ketones is 1. The average Bonchev–Trinajstić information content (AvgIpc) is 2.73. The number of Topliss-reactive ketones (excluding diaryl/α,β-unsaturated/α-hetero) is 1. The zero-order valence-electron chi connectivity index (χ0n) is 17.0. The van der Waals surface area contributed by atoms with Crippen LogP contribution >= 0.6 is 0 Å². The second kappa shape index (κ2) is 9.65. The van der Waals surface area contributed by atoms with Crippen molar-refractivity contribution < 1.29 is 9.59 Å². The lowest BCUT2D eigenvalue weighted by Crippen LogP contribution is -2.49. The van der Waals surface area contributed by atoms with Crippen LogP contribution in [0.25, 0.3) is 0 Å². The molecule has 1 saturated heterocycles. The summed E-state index contributed by atoms with van der Waals surface area (Å²) in [5.74, 6) is 0.151. The Bertz CT molecular complexity index is 809. The molecule has 3 rings (SSSR count). The van der Waals surface area contributed by atoms with Gasteiger partial charge in [-0.1, -0.05) is 42.5 Å². The van der Waals surface area contributed by atoms with E-state index in [4.69, 9.17) is 0 Å². The quantitative estimate of drug-likeness (QED) is 0.691. The first-order valence-corrected chi connectivity index (χ1v) is 10.2. The number of aryl methyl sites for hydroxylation is 2. The zero-order valence-corrected chi connectivity index (χ0v) is 17.0. The maximum absolute atomic E-state index is 12.5. The molecule has 0 atom stereocenters. The summed E-state index contributed by atoms with van der Waals surface area (Å²) in [6, 6.07) is 16.3. The third-order valence-corrected chi connectivity index (χ3v) is 5.68. The molecule has 0 aliphatic carbocycles. The largest absolute Gasteiger partial charge is 0.340 e. The number of hydrogen-bond donors (Lipinski definition) is 0. The molecule has 2 aromatic rings. The van der Waals surface area contributed by atoms with Crippen molar-refractivity contribution in [1.82, 2.24) is 9.80 Å². The summed E-state index contributed by atoms with van der Waals surface area (Å²) >= 11 is 0. The topological polar surface area (TPSA) is 40.6 Å². The molecule has 0 spiro atoms. The molecule has 2 aromatic carbocycles. The van der Waals surface area contributed by atoms with E-state index in [9.17, 15) is 9.59 Å². The fraction of sp³-hybridized carbons (Fsp3) is 0.417. The van der Waals surface area contributed by atoms with Crippen LogP contribution in [0.3, 0.4) is 0 Å². The first-order valence-electron chi connectivity index (χ1n) is 10.2. The lowest BCUT2D eigenvalue weighted by molar-refractivity contribution is -0.132. The number of carbonyl (C=O) groups excluding carboxylic acids is 2. The summed E-state index contributed by atoms with van der Waals surface area (Å²) in [4.78, 5) is 29.2. The fourth-order valence-corrected chi connectivity index (χ4v) is 3.59. The number of amides is 1. The predicted octanol–water partition coefficient (Wildman–Crippen LogP) is 3.65. The number of carbonyl (C=O) groups is 2. The van der Waals surface area contributed by atoms with E-state index in [1.54, 1.807) is 0 Å². The standard InChI is InChI=1S/C24H30N2O2/c1-19-8-9-22(18-20(19)2)23(27)10-11-24(28)26-16-14-25(15-17-26)13-12-21-6-4-3-5-7-21/h3-9,18H,10-17H2,1-2H3. The van der Waals surface area contributed by atoms with E-state index in [0.717, 1.165) is 44.7 Å². The number of hydrogen-bond acceptors (Lipinski definition) is 3. The van der Waals surface area contributed by atoms with Crippen LogP contribution in [0.2, 0.25) is 0 Å². The van der Waals surface area contributed by atoms with E-state index >= 15 is 0 Å². The van der Waals surface area contributed by atoms with Crippen LogP contribution in [0.4, 0.5) is 0 Å². The fourth-order valence-electron chi connectivity index (χ4n) is 3.59. The monoisotopic (exact) mass is 378 g/mol. The van der Waals surface area contributed by atoms with Gasteiger partial charge < -0.3 is 4.90 Å². The van der Waals surface area contributed by atoms with Gasteiger partial charge in [0.15, 0.2) is 5.78 Å². The Hall–Kier alpha value is -2.46. The van der Waals surface area contributed by atoms with Gasteiger partial charge in [-0.05, 0) is 43.0 Å². The minimum atomic E-state index is 0.0537. The normalized spacial score (nSPS) is 14.9. The van der Waals surface area contributed by atoms with E-state index in [-0.39, 0.29) is 18.1 Å². The van der Waals surface area contributed by atoms with Gasteiger partial charge >= 0.3 is 0 Å². The number of benzene rings is 2. The van der Waals surface area contributed by atoms with Gasteiger partial charge in [0.05, 0.1) is 0 Å². The highest BCUT2D eigenvalue weighted by Gasteiger charge is 2.21. The Morgan fingerprint density at radius 3 is 2.25 bits per heavy atom. The second-order valence-electron chi connectivity index (χ2n) is 7.68. The smallest absolute Gasteiger partial charge is 0.223 e. The molecule has 28 heavy (non-hydrogen) atoms. The van der Waals surface area contributed by atoms with Crippen molar-refractivity contribution in [3.8, 4) is 0 Å². The van der Waals surface area contributed by atoms with Gasteiger partial charge in [-0.25, -0.2) is 0 Å².